The maximum absolute atomic E-state index is 8.91. The molecule has 0 aliphatic heterocycles. The smallest absolute Gasteiger partial charge is 0.137 e. The fourth-order valence-corrected chi connectivity index (χ4v) is 1.61. The van der Waals surface area contributed by atoms with E-state index in [1.807, 2.05) is 26.0 Å². The Morgan fingerprint density at radius 3 is 2.79 bits per heavy atom. The predicted octanol–water partition coefficient (Wildman–Crippen LogP) is 2.90. The van der Waals surface area contributed by atoms with Crippen molar-refractivity contribution in [3.8, 4) is 11.8 Å². The first-order valence-corrected chi connectivity index (χ1v) is 6.77. The van der Waals surface area contributed by atoms with E-state index in [1.165, 1.54) is 0 Å². The molecule has 4 nitrogen and oxygen atoms in total. The number of pyridine rings is 1. The number of nitriles is 1. The summed E-state index contributed by atoms with van der Waals surface area (Å²) in [6.07, 6.45) is 3.47. The SMILES string of the molecule is CCNCc1ccc(OCCCC(C)(C)C#N)cn1. The van der Waals surface area contributed by atoms with Gasteiger partial charge in [-0.3, -0.25) is 4.98 Å². The molecule has 1 aromatic heterocycles. The fourth-order valence-electron chi connectivity index (χ4n) is 1.61. The van der Waals surface area contributed by atoms with E-state index in [0.29, 0.717) is 6.61 Å². The minimum Gasteiger partial charge on any atom is -0.492 e. The van der Waals surface area contributed by atoms with Crippen LogP contribution in [0, 0.1) is 16.7 Å². The number of nitrogens with one attached hydrogen (secondary N) is 1. The Bertz CT molecular complexity index is 406. The highest BCUT2D eigenvalue weighted by atomic mass is 16.5. The van der Waals surface area contributed by atoms with Crippen LogP contribution in [0.4, 0.5) is 0 Å². The quantitative estimate of drug-likeness (QED) is 0.731. The summed E-state index contributed by atoms with van der Waals surface area (Å²) in [7, 11) is 0. The van der Waals surface area contributed by atoms with E-state index in [-0.39, 0.29) is 5.41 Å². The summed E-state index contributed by atoms with van der Waals surface area (Å²) in [5.41, 5.74) is 0.747. The summed E-state index contributed by atoms with van der Waals surface area (Å²) in [5.74, 6) is 0.787. The lowest BCUT2D eigenvalue weighted by Gasteiger charge is -2.14. The number of nitrogens with zero attached hydrogens (tertiary/aromatic N) is 2. The van der Waals surface area contributed by atoms with Gasteiger partial charge < -0.3 is 10.1 Å². The van der Waals surface area contributed by atoms with Crippen LogP contribution in [0.25, 0.3) is 0 Å². The summed E-state index contributed by atoms with van der Waals surface area (Å²) in [6, 6.07) is 6.20. The number of rotatable bonds is 8. The zero-order chi connectivity index (χ0) is 14.1. The van der Waals surface area contributed by atoms with Gasteiger partial charge in [-0.1, -0.05) is 6.92 Å². The second-order valence-corrected chi connectivity index (χ2v) is 5.21. The molecule has 0 aliphatic carbocycles. The molecule has 0 atom stereocenters. The first kappa shape index (κ1) is 15.5. The Hall–Kier alpha value is -1.60. The Morgan fingerprint density at radius 2 is 2.21 bits per heavy atom. The first-order valence-electron chi connectivity index (χ1n) is 6.77. The molecule has 0 saturated carbocycles. The topological polar surface area (TPSA) is 57.9 Å². The maximum atomic E-state index is 8.91. The highest BCUT2D eigenvalue weighted by molar-refractivity contribution is 5.19. The van der Waals surface area contributed by atoms with Crippen molar-refractivity contribution < 1.29 is 4.74 Å². The van der Waals surface area contributed by atoms with Crippen molar-refractivity contribution in [3.63, 3.8) is 0 Å². The number of aromatic nitrogens is 1. The van der Waals surface area contributed by atoms with Gasteiger partial charge in [-0.2, -0.15) is 5.26 Å². The summed E-state index contributed by atoms with van der Waals surface area (Å²) in [4.78, 5) is 4.32. The number of hydrogen-bond donors (Lipinski definition) is 1. The van der Waals surface area contributed by atoms with E-state index in [0.717, 1.165) is 37.4 Å². The fraction of sp³-hybridized carbons (Fsp3) is 0.600. The third-order valence-corrected chi connectivity index (χ3v) is 2.87. The van der Waals surface area contributed by atoms with E-state index >= 15 is 0 Å². The molecule has 0 amide bonds. The van der Waals surface area contributed by atoms with E-state index in [9.17, 15) is 0 Å². The molecule has 0 bridgehead atoms. The molecule has 104 valence electrons. The van der Waals surface area contributed by atoms with Crippen LogP contribution in [-0.2, 0) is 6.54 Å². The van der Waals surface area contributed by atoms with Crippen LogP contribution < -0.4 is 10.1 Å². The zero-order valence-corrected chi connectivity index (χ0v) is 12.1. The Morgan fingerprint density at radius 1 is 1.42 bits per heavy atom. The average molecular weight is 261 g/mol. The second kappa shape index (κ2) is 7.75. The zero-order valence-electron chi connectivity index (χ0n) is 12.1. The van der Waals surface area contributed by atoms with Crippen molar-refractivity contribution >= 4 is 0 Å². The molecule has 1 aromatic rings. The van der Waals surface area contributed by atoms with Gasteiger partial charge in [0, 0.05) is 6.54 Å². The van der Waals surface area contributed by atoms with Crippen LogP contribution in [0.3, 0.4) is 0 Å². The summed E-state index contributed by atoms with van der Waals surface area (Å²) >= 11 is 0. The van der Waals surface area contributed by atoms with Crippen LogP contribution in [-0.4, -0.2) is 18.1 Å². The van der Waals surface area contributed by atoms with Gasteiger partial charge in [0.1, 0.15) is 5.75 Å². The van der Waals surface area contributed by atoms with Crippen LogP contribution in [0.15, 0.2) is 18.3 Å². The van der Waals surface area contributed by atoms with Gasteiger partial charge in [-0.15, -0.1) is 0 Å². The minimum atomic E-state index is -0.267. The van der Waals surface area contributed by atoms with Crippen LogP contribution >= 0.6 is 0 Å². The molecule has 0 fully saturated rings. The van der Waals surface area contributed by atoms with Crippen LogP contribution in [0.1, 0.15) is 39.3 Å². The summed E-state index contributed by atoms with van der Waals surface area (Å²) < 4.78 is 5.61. The second-order valence-electron chi connectivity index (χ2n) is 5.21. The number of ether oxygens (including phenoxy) is 1. The highest BCUT2D eigenvalue weighted by Gasteiger charge is 2.15. The average Bonchev–Trinajstić information content (AvgIpc) is 2.42. The van der Waals surface area contributed by atoms with Crippen molar-refractivity contribution in [3.05, 3.63) is 24.0 Å². The van der Waals surface area contributed by atoms with Gasteiger partial charge in [-0.05, 0) is 45.4 Å². The molecule has 0 spiro atoms. The van der Waals surface area contributed by atoms with Gasteiger partial charge in [0.05, 0.1) is 30.0 Å². The molecule has 0 aromatic carbocycles. The molecule has 0 unspecified atom stereocenters. The molecule has 0 saturated heterocycles. The molecule has 0 aliphatic rings. The summed E-state index contributed by atoms with van der Waals surface area (Å²) in [5, 5.41) is 12.1. The van der Waals surface area contributed by atoms with Crippen LogP contribution in [0.2, 0.25) is 0 Å². The lowest BCUT2D eigenvalue weighted by atomic mass is 9.90. The van der Waals surface area contributed by atoms with Gasteiger partial charge in [0.25, 0.3) is 0 Å². The van der Waals surface area contributed by atoms with Crippen molar-refractivity contribution in [2.75, 3.05) is 13.2 Å². The first-order chi connectivity index (χ1) is 9.07. The largest absolute Gasteiger partial charge is 0.492 e. The lowest BCUT2D eigenvalue weighted by Crippen LogP contribution is -2.13. The van der Waals surface area contributed by atoms with Gasteiger partial charge in [0.2, 0.25) is 0 Å². The van der Waals surface area contributed by atoms with Gasteiger partial charge in [0.15, 0.2) is 0 Å². The molecule has 1 heterocycles. The predicted molar refractivity (Wildman–Crippen MR) is 75.7 cm³/mol. The third-order valence-electron chi connectivity index (χ3n) is 2.87. The molecule has 0 radical (unpaired) electrons. The molecule has 1 N–H and O–H groups in total. The van der Waals surface area contributed by atoms with Crippen molar-refractivity contribution in [1.29, 1.82) is 5.26 Å². The number of hydrogen-bond acceptors (Lipinski definition) is 4. The molecular formula is C15H23N3O. The monoisotopic (exact) mass is 261 g/mol. The Balaban J connectivity index is 2.29. The lowest BCUT2D eigenvalue weighted by molar-refractivity contribution is 0.283. The van der Waals surface area contributed by atoms with E-state index in [1.54, 1.807) is 6.20 Å². The molecular weight excluding hydrogens is 238 g/mol. The highest BCUT2D eigenvalue weighted by Crippen LogP contribution is 2.20. The van der Waals surface area contributed by atoms with E-state index in [4.69, 9.17) is 10.00 Å². The molecule has 1 rings (SSSR count). The van der Waals surface area contributed by atoms with Crippen LogP contribution in [0.5, 0.6) is 5.75 Å². The molecule has 4 heteroatoms. The van der Waals surface area contributed by atoms with Crippen molar-refractivity contribution in [1.82, 2.24) is 10.3 Å². The van der Waals surface area contributed by atoms with Gasteiger partial charge in [-0.25, -0.2) is 0 Å². The molecule has 19 heavy (non-hydrogen) atoms. The third kappa shape index (κ3) is 6.21. The van der Waals surface area contributed by atoms with Crippen molar-refractivity contribution in [2.45, 2.75) is 40.2 Å². The minimum absolute atomic E-state index is 0.267. The van der Waals surface area contributed by atoms with Gasteiger partial charge >= 0.3 is 0 Å². The van der Waals surface area contributed by atoms with E-state index in [2.05, 4.69) is 23.3 Å². The maximum Gasteiger partial charge on any atom is 0.137 e. The van der Waals surface area contributed by atoms with Crippen molar-refractivity contribution in [2.24, 2.45) is 5.41 Å². The normalized spacial score (nSPS) is 11.1. The Labute approximate surface area is 115 Å². The van der Waals surface area contributed by atoms with E-state index < -0.39 is 0 Å². The Kier molecular flexibility index (Phi) is 6.31. The summed E-state index contributed by atoms with van der Waals surface area (Å²) in [6.45, 7) is 8.31. The standard InChI is InChI=1S/C15H23N3O/c1-4-17-10-13-6-7-14(11-18-13)19-9-5-8-15(2,3)12-16/h6-7,11,17H,4-5,8-10H2,1-3H3.